The van der Waals surface area contributed by atoms with Crippen molar-refractivity contribution in [2.24, 2.45) is 0 Å². The Labute approximate surface area is 212 Å². The van der Waals surface area contributed by atoms with Gasteiger partial charge in [0.1, 0.15) is 11.9 Å². The quantitative estimate of drug-likeness (QED) is 0.526. The minimum Gasteiger partial charge on any atom is -0.380 e. The number of rotatable bonds is 5. The Morgan fingerprint density at radius 3 is 2.47 bits per heavy atom. The number of ether oxygens (including phenoxy) is 1. The summed E-state index contributed by atoms with van der Waals surface area (Å²) in [7, 11) is 1.51. The average molecular weight is 513 g/mol. The van der Waals surface area contributed by atoms with Crippen LogP contribution in [0, 0.1) is 19.7 Å². The number of nitrogens with zero attached hydrogens (tertiary/aromatic N) is 2. The van der Waals surface area contributed by atoms with E-state index in [2.05, 4.69) is 10.6 Å². The van der Waals surface area contributed by atoms with E-state index in [1.165, 1.54) is 28.7 Å². The van der Waals surface area contributed by atoms with E-state index in [1.807, 2.05) is 6.92 Å². The summed E-state index contributed by atoms with van der Waals surface area (Å²) >= 11 is 5.89. The van der Waals surface area contributed by atoms with Gasteiger partial charge in [0.05, 0.1) is 17.5 Å². The summed E-state index contributed by atoms with van der Waals surface area (Å²) in [6, 6.07) is 11.1. The molecule has 1 aromatic heterocycles. The standard InChI is InChI=1S/C26H26ClFN4O4/c1-15-10-11-31(25(34)16(15)2)19-8-9-22(21(28)12-19)30-24(33)23-13-20(36-3)14-32(23)26(35)29-18-6-4-17(27)5-7-18/h4-12,20,23H,13-14H2,1-3H3,(H,29,35)(H,30,33)/t20-,23-/m1/s1. The third-order valence-corrected chi connectivity index (χ3v) is 6.60. The van der Waals surface area contributed by atoms with Crippen molar-refractivity contribution >= 4 is 34.9 Å². The lowest BCUT2D eigenvalue weighted by molar-refractivity contribution is -0.119. The third kappa shape index (κ3) is 5.27. The van der Waals surface area contributed by atoms with E-state index < -0.39 is 23.8 Å². The fourth-order valence-electron chi connectivity index (χ4n) is 4.07. The molecule has 0 unspecified atom stereocenters. The van der Waals surface area contributed by atoms with Crippen LogP contribution in [0.5, 0.6) is 0 Å². The predicted octanol–water partition coefficient (Wildman–Crippen LogP) is 4.51. The first-order valence-electron chi connectivity index (χ1n) is 11.3. The van der Waals surface area contributed by atoms with Crippen LogP contribution in [0.3, 0.4) is 0 Å². The molecule has 0 aliphatic carbocycles. The van der Waals surface area contributed by atoms with E-state index in [9.17, 15) is 18.8 Å². The first-order chi connectivity index (χ1) is 17.2. The van der Waals surface area contributed by atoms with Gasteiger partial charge in [0.2, 0.25) is 5.91 Å². The molecule has 0 saturated carbocycles. The number of methoxy groups -OCH3 is 1. The van der Waals surface area contributed by atoms with Crippen molar-refractivity contribution in [2.75, 3.05) is 24.3 Å². The van der Waals surface area contributed by atoms with Gasteiger partial charge < -0.3 is 20.3 Å². The van der Waals surface area contributed by atoms with Crippen molar-refractivity contribution in [2.45, 2.75) is 32.4 Å². The minimum atomic E-state index is -0.872. The second kappa shape index (κ2) is 10.5. The largest absolute Gasteiger partial charge is 0.380 e. The normalized spacial score (nSPS) is 17.2. The number of pyridine rings is 1. The fourth-order valence-corrected chi connectivity index (χ4v) is 4.20. The Balaban J connectivity index is 1.51. The zero-order valence-electron chi connectivity index (χ0n) is 20.0. The number of urea groups is 1. The fraction of sp³-hybridized carbons (Fsp3) is 0.269. The summed E-state index contributed by atoms with van der Waals surface area (Å²) in [6.07, 6.45) is 1.49. The van der Waals surface area contributed by atoms with Crippen LogP contribution in [0.2, 0.25) is 5.02 Å². The number of halogens is 2. The molecule has 2 aromatic carbocycles. The van der Waals surface area contributed by atoms with Gasteiger partial charge in [-0.25, -0.2) is 9.18 Å². The van der Waals surface area contributed by atoms with Gasteiger partial charge in [-0.2, -0.15) is 0 Å². The van der Waals surface area contributed by atoms with Gasteiger partial charge in [-0.3, -0.25) is 14.2 Å². The molecule has 1 aliphatic heterocycles. The summed E-state index contributed by atoms with van der Waals surface area (Å²) in [5, 5.41) is 5.84. The highest BCUT2D eigenvalue weighted by Gasteiger charge is 2.40. The molecule has 2 atom stereocenters. The Morgan fingerprint density at radius 2 is 1.81 bits per heavy atom. The number of anilines is 2. The van der Waals surface area contributed by atoms with Gasteiger partial charge in [-0.1, -0.05) is 11.6 Å². The first-order valence-corrected chi connectivity index (χ1v) is 11.7. The number of carbonyl (C=O) groups is 2. The van der Waals surface area contributed by atoms with Crippen molar-refractivity contribution < 1.29 is 18.7 Å². The molecule has 1 aliphatic rings. The number of hydrogen-bond donors (Lipinski definition) is 2. The molecule has 8 nitrogen and oxygen atoms in total. The van der Waals surface area contributed by atoms with Crippen molar-refractivity contribution in [3.8, 4) is 5.69 Å². The molecule has 1 fully saturated rings. The molecular formula is C26H26ClFN4O4. The van der Waals surface area contributed by atoms with Crippen LogP contribution >= 0.6 is 11.6 Å². The predicted molar refractivity (Wildman–Crippen MR) is 136 cm³/mol. The lowest BCUT2D eigenvalue weighted by atomic mass is 10.1. The average Bonchev–Trinajstić information content (AvgIpc) is 3.30. The van der Waals surface area contributed by atoms with Crippen LogP contribution in [0.25, 0.3) is 5.69 Å². The number of likely N-dealkylation sites (tertiary alicyclic amines) is 1. The summed E-state index contributed by atoms with van der Waals surface area (Å²) in [4.78, 5) is 39.9. The van der Waals surface area contributed by atoms with Gasteiger partial charge in [0, 0.05) is 48.6 Å². The Hall–Kier alpha value is -3.69. The van der Waals surface area contributed by atoms with Gasteiger partial charge in [0.25, 0.3) is 5.56 Å². The zero-order chi connectivity index (χ0) is 26.0. The van der Waals surface area contributed by atoms with Gasteiger partial charge in [-0.15, -0.1) is 0 Å². The molecule has 36 heavy (non-hydrogen) atoms. The number of nitrogens with one attached hydrogen (secondary N) is 2. The number of amides is 3. The van der Waals surface area contributed by atoms with Crippen molar-refractivity contribution in [1.29, 1.82) is 0 Å². The lowest BCUT2D eigenvalue weighted by Gasteiger charge is -2.24. The van der Waals surface area contributed by atoms with E-state index >= 15 is 0 Å². The van der Waals surface area contributed by atoms with Gasteiger partial charge >= 0.3 is 6.03 Å². The highest BCUT2D eigenvalue weighted by Crippen LogP contribution is 2.25. The van der Waals surface area contributed by atoms with E-state index in [0.29, 0.717) is 22.0 Å². The smallest absolute Gasteiger partial charge is 0.322 e. The van der Waals surface area contributed by atoms with E-state index in [-0.39, 0.29) is 30.3 Å². The van der Waals surface area contributed by atoms with Crippen LogP contribution < -0.4 is 16.2 Å². The SMILES string of the molecule is CO[C@@H]1C[C@H](C(=O)Nc2ccc(-n3ccc(C)c(C)c3=O)cc2F)N(C(=O)Nc2ccc(Cl)cc2)C1. The van der Waals surface area contributed by atoms with Crippen molar-refractivity contribution in [3.05, 3.63) is 87.0 Å². The summed E-state index contributed by atoms with van der Waals surface area (Å²) in [5.41, 5.74) is 1.97. The van der Waals surface area contributed by atoms with Crippen LogP contribution in [0.4, 0.5) is 20.6 Å². The monoisotopic (exact) mass is 512 g/mol. The van der Waals surface area contributed by atoms with Crippen LogP contribution in [-0.2, 0) is 9.53 Å². The van der Waals surface area contributed by atoms with Crippen LogP contribution in [0.1, 0.15) is 17.5 Å². The second-order valence-corrected chi connectivity index (χ2v) is 9.09. The number of hydrogen-bond acceptors (Lipinski definition) is 4. The molecule has 3 amide bonds. The molecule has 3 aromatic rings. The number of aryl methyl sites for hydroxylation is 1. The molecule has 2 N–H and O–H groups in total. The highest BCUT2D eigenvalue weighted by atomic mass is 35.5. The summed E-state index contributed by atoms with van der Waals surface area (Å²) in [6.45, 7) is 3.74. The first kappa shape index (κ1) is 25.4. The second-order valence-electron chi connectivity index (χ2n) is 8.65. The molecule has 0 bridgehead atoms. The number of carbonyl (C=O) groups excluding carboxylic acids is 2. The molecule has 10 heteroatoms. The Kier molecular flexibility index (Phi) is 7.42. The third-order valence-electron chi connectivity index (χ3n) is 6.35. The van der Waals surface area contributed by atoms with Crippen molar-refractivity contribution in [3.63, 3.8) is 0 Å². The Bertz CT molecular complexity index is 1360. The maximum absolute atomic E-state index is 15.0. The molecule has 2 heterocycles. The zero-order valence-corrected chi connectivity index (χ0v) is 20.8. The minimum absolute atomic E-state index is 0.0560. The van der Waals surface area contributed by atoms with Gasteiger partial charge in [0.15, 0.2) is 0 Å². The van der Waals surface area contributed by atoms with Crippen LogP contribution in [0.15, 0.2) is 59.5 Å². The van der Waals surface area contributed by atoms with E-state index in [1.54, 1.807) is 49.5 Å². The molecule has 1 saturated heterocycles. The van der Waals surface area contributed by atoms with Crippen molar-refractivity contribution in [1.82, 2.24) is 9.47 Å². The Morgan fingerprint density at radius 1 is 1.08 bits per heavy atom. The lowest BCUT2D eigenvalue weighted by Crippen LogP contribution is -2.45. The van der Waals surface area contributed by atoms with Gasteiger partial charge in [-0.05, 0) is 61.9 Å². The number of benzene rings is 2. The highest BCUT2D eigenvalue weighted by molar-refractivity contribution is 6.30. The maximum Gasteiger partial charge on any atom is 0.322 e. The maximum atomic E-state index is 15.0. The summed E-state index contributed by atoms with van der Waals surface area (Å²) < 4.78 is 21.7. The molecule has 188 valence electrons. The molecule has 4 rings (SSSR count). The molecular weight excluding hydrogens is 487 g/mol. The number of aromatic nitrogens is 1. The molecule has 0 radical (unpaired) electrons. The van der Waals surface area contributed by atoms with Crippen LogP contribution in [-0.4, -0.2) is 47.2 Å². The summed E-state index contributed by atoms with van der Waals surface area (Å²) in [5.74, 6) is -1.25. The van der Waals surface area contributed by atoms with E-state index in [4.69, 9.17) is 16.3 Å². The molecule has 0 spiro atoms. The van der Waals surface area contributed by atoms with E-state index in [0.717, 1.165) is 5.56 Å². The topological polar surface area (TPSA) is 92.7 Å².